The van der Waals surface area contributed by atoms with Crippen LogP contribution in [0.1, 0.15) is 6.92 Å². The molecule has 0 saturated carbocycles. The number of halogens is 2. The second-order valence-electron chi connectivity index (χ2n) is 4.31. The highest BCUT2D eigenvalue weighted by atomic mass is 79.9. The van der Waals surface area contributed by atoms with Gasteiger partial charge in [-0.05, 0) is 41.1 Å². The molecular formula is C13H12Br2N6. The zero-order chi connectivity index (χ0) is 14.8. The highest BCUT2D eigenvalue weighted by molar-refractivity contribution is 9.11. The Morgan fingerprint density at radius 2 is 2.10 bits per heavy atom. The summed E-state index contributed by atoms with van der Waals surface area (Å²) in [6.07, 6.45) is 1.71. The maximum atomic E-state index is 4.50. The Labute approximate surface area is 138 Å². The van der Waals surface area contributed by atoms with Gasteiger partial charge in [0.25, 0.3) is 0 Å². The molecule has 0 aliphatic rings. The van der Waals surface area contributed by atoms with E-state index in [1.54, 1.807) is 6.20 Å². The number of H-pyrrole nitrogens is 1. The molecule has 0 aliphatic carbocycles. The second kappa shape index (κ2) is 5.98. The number of nitrogens with zero attached hydrogens (tertiary/aromatic N) is 3. The molecule has 2 heterocycles. The third-order valence-electron chi connectivity index (χ3n) is 2.83. The first-order valence-corrected chi connectivity index (χ1v) is 7.93. The van der Waals surface area contributed by atoms with E-state index in [0.29, 0.717) is 17.4 Å². The molecule has 0 radical (unpaired) electrons. The van der Waals surface area contributed by atoms with Crippen LogP contribution in [-0.2, 0) is 0 Å². The summed E-state index contributed by atoms with van der Waals surface area (Å²) in [6, 6.07) is 5.91. The minimum absolute atomic E-state index is 0.558. The van der Waals surface area contributed by atoms with Gasteiger partial charge in [-0.25, -0.2) is 0 Å². The molecule has 1 aromatic carbocycles. The van der Waals surface area contributed by atoms with Gasteiger partial charge in [0.15, 0.2) is 5.65 Å². The number of aromatic nitrogens is 4. The first-order chi connectivity index (χ1) is 10.2. The van der Waals surface area contributed by atoms with Gasteiger partial charge in [0.2, 0.25) is 5.95 Å². The van der Waals surface area contributed by atoms with Crippen molar-refractivity contribution in [1.29, 1.82) is 0 Å². The van der Waals surface area contributed by atoms with E-state index in [9.17, 15) is 0 Å². The second-order valence-corrected chi connectivity index (χ2v) is 6.08. The van der Waals surface area contributed by atoms with E-state index in [4.69, 9.17) is 0 Å². The van der Waals surface area contributed by atoms with E-state index < -0.39 is 0 Å². The standard InChI is InChI=1S/C13H12Br2N6/c1-2-16-13-19-11(8-6-17-21-12(8)20-13)18-10-5-7(14)3-4-9(10)15/h3-6H,2H2,1H3,(H3,16,17,18,19,20,21). The summed E-state index contributed by atoms with van der Waals surface area (Å²) < 4.78 is 1.93. The Bertz CT molecular complexity index is 785. The van der Waals surface area contributed by atoms with Crippen molar-refractivity contribution in [3.8, 4) is 0 Å². The Hall–Kier alpha value is -1.67. The van der Waals surface area contributed by atoms with Gasteiger partial charge >= 0.3 is 0 Å². The predicted molar refractivity (Wildman–Crippen MR) is 91.0 cm³/mol. The zero-order valence-corrected chi connectivity index (χ0v) is 14.3. The lowest BCUT2D eigenvalue weighted by Crippen LogP contribution is -2.05. The van der Waals surface area contributed by atoms with Crippen molar-refractivity contribution in [2.45, 2.75) is 6.92 Å². The number of benzene rings is 1. The van der Waals surface area contributed by atoms with Gasteiger partial charge in [0.1, 0.15) is 5.82 Å². The smallest absolute Gasteiger partial charge is 0.226 e. The molecule has 0 saturated heterocycles. The normalized spacial score (nSPS) is 10.8. The van der Waals surface area contributed by atoms with Crippen LogP contribution in [0, 0.1) is 0 Å². The average Bonchev–Trinajstić information content (AvgIpc) is 2.92. The molecule has 2 aromatic heterocycles. The van der Waals surface area contributed by atoms with Crippen LogP contribution in [-0.4, -0.2) is 26.7 Å². The largest absolute Gasteiger partial charge is 0.354 e. The Morgan fingerprint density at radius 3 is 2.90 bits per heavy atom. The number of hydrogen-bond donors (Lipinski definition) is 3. The number of aromatic amines is 1. The fourth-order valence-electron chi connectivity index (χ4n) is 1.89. The number of anilines is 3. The molecule has 6 nitrogen and oxygen atoms in total. The molecule has 3 rings (SSSR count). The summed E-state index contributed by atoms with van der Waals surface area (Å²) in [5.74, 6) is 1.26. The Kier molecular flexibility index (Phi) is 4.07. The van der Waals surface area contributed by atoms with Gasteiger partial charge in [0, 0.05) is 15.5 Å². The molecule has 0 aliphatic heterocycles. The van der Waals surface area contributed by atoms with Crippen LogP contribution in [0.2, 0.25) is 0 Å². The fraction of sp³-hybridized carbons (Fsp3) is 0.154. The predicted octanol–water partition coefficient (Wildman–Crippen LogP) is 4.05. The monoisotopic (exact) mass is 410 g/mol. The number of hydrogen-bond acceptors (Lipinski definition) is 5. The number of nitrogens with one attached hydrogen (secondary N) is 3. The van der Waals surface area contributed by atoms with E-state index in [2.05, 4.69) is 62.7 Å². The van der Waals surface area contributed by atoms with Crippen LogP contribution in [0.25, 0.3) is 11.0 Å². The maximum Gasteiger partial charge on any atom is 0.226 e. The zero-order valence-electron chi connectivity index (χ0n) is 11.1. The summed E-state index contributed by atoms with van der Waals surface area (Å²) in [5.41, 5.74) is 1.60. The van der Waals surface area contributed by atoms with Crippen molar-refractivity contribution in [3.63, 3.8) is 0 Å². The molecule has 3 N–H and O–H groups in total. The lowest BCUT2D eigenvalue weighted by atomic mass is 10.3. The molecule has 0 spiro atoms. The van der Waals surface area contributed by atoms with Crippen LogP contribution in [0.5, 0.6) is 0 Å². The SMILES string of the molecule is CCNc1nc(Nc2cc(Br)ccc2Br)c2cn[nH]c2n1. The lowest BCUT2D eigenvalue weighted by molar-refractivity contribution is 1.07. The molecule has 0 fully saturated rings. The number of rotatable bonds is 4. The van der Waals surface area contributed by atoms with E-state index in [1.807, 2.05) is 25.1 Å². The van der Waals surface area contributed by atoms with Crippen molar-refractivity contribution < 1.29 is 0 Å². The summed E-state index contributed by atoms with van der Waals surface area (Å²) >= 11 is 6.99. The fourth-order valence-corrected chi connectivity index (χ4v) is 2.60. The van der Waals surface area contributed by atoms with Crippen molar-refractivity contribution in [2.24, 2.45) is 0 Å². The Morgan fingerprint density at radius 1 is 1.24 bits per heavy atom. The molecule has 0 bridgehead atoms. The van der Waals surface area contributed by atoms with Crippen LogP contribution >= 0.6 is 31.9 Å². The van der Waals surface area contributed by atoms with Crippen LogP contribution in [0.4, 0.5) is 17.5 Å². The molecule has 3 aromatic rings. The molecule has 0 atom stereocenters. The van der Waals surface area contributed by atoms with Gasteiger partial charge in [-0.1, -0.05) is 15.9 Å². The topological polar surface area (TPSA) is 78.5 Å². The summed E-state index contributed by atoms with van der Waals surface area (Å²) in [7, 11) is 0. The van der Waals surface area contributed by atoms with E-state index in [-0.39, 0.29) is 0 Å². The van der Waals surface area contributed by atoms with Gasteiger partial charge in [-0.3, -0.25) is 5.10 Å². The molecule has 21 heavy (non-hydrogen) atoms. The first-order valence-electron chi connectivity index (χ1n) is 6.34. The highest BCUT2D eigenvalue weighted by Crippen LogP contribution is 2.30. The van der Waals surface area contributed by atoms with Gasteiger partial charge in [-0.15, -0.1) is 0 Å². The maximum absolute atomic E-state index is 4.50. The third-order valence-corrected chi connectivity index (χ3v) is 4.01. The summed E-state index contributed by atoms with van der Waals surface area (Å²) in [5, 5.41) is 14.2. The van der Waals surface area contributed by atoms with E-state index in [1.165, 1.54) is 0 Å². The third kappa shape index (κ3) is 3.01. The molecular weight excluding hydrogens is 400 g/mol. The van der Waals surface area contributed by atoms with Crippen molar-refractivity contribution in [2.75, 3.05) is 17.2 Å². The average molecular weight is 412 g/mol. The summed E-state index contributed by atoms with van der Waals surface area (Å²) in [6.45, 7) is 2.75. The van der Waals surface area contributed by atoms with Crippen molar-refractivity contribution in [3.05, 3.63) is 33.3 Å². The van der Waals surface area contributed by atoms with Gasteiger partial charge in [0.05, 0.1) is 17.3 Å². The number of fused-ring (bicyclic) bond motifs is 1. The first kappa shape index (κ1) is 14.3. The lowest BCUT2D eigenvalue weighted by Gasteiger charge is -2.10. The Balaban J connectivity index is 2.06. The van der Waals surface area contributed by atoms with E-state index in [0.717, 1.165) is 26.6 Å². The van der Waals surface area contributed by atoms with Crippen LogP contribution in [0.3, 0.4) is 0 Å². The van der Waals surface area contributed by atoms with E-state index >= 15 is 0 Å². The van der Waals surface area contributed by atoms with Crippen molar-refractivity contribution in [1.82, 2.24) is 20.2 Å². The minimum Gasteiger partial charge on any atom is -0.354 e. The molecule has 8 heteroatoms. The van der Waals surface area contributed by atoms with Gasteiger partial charge < -0.3 is 10.6 Å². The summed E-state index contributed by atoms with van der Waals surface area (Å²) in [4.78, 5) is 8.87. The van der Waals surface area contributed by atoms with Crippen LogP contribution < -0.4 is 10.6 Å². The molecule has 0 unspecified atom stereocenters. The molecule has 108 valence electrons. The highest BCUT2D eigenvalue weighted by Gasteiger charge is 2.11. The van der Waals surface area contributed by atoms with Crippen molar-refractivity contribution >= 4 is 60.3 Å². The molecule has 0 amide bonds. The minimum atomic E-state index is 0.558. The quantitative estimate of drug-likeness (QED) is 0.603. The van der Waals surface area contributed by atoms with Gasteiger partial charge in [-0.2, -0.15) is 15.1 Å². The van der Waals surface area contributed by atoms with Crippen LogP contribution in [0.15, 0.2) is 33.3 Å².